The largest absolute Gasteiger partial charge is 0.370 e. The molecular formula is C21H21N7O2S. The zero-order valence-corrected chi connectivity index (χ0v) is 17.7. The number of fused-ring (bicyclic) bond motifs is 1. The maximum absolute atomic E-state index is 13.0. The molecule has 3 aromatic heterocycles. The van der Waals surface area contributed by atoms with Crippen LogP contribution in [0.1, 0.15) is 12.8 Å². The van der Waals surface area contributed by atoms with Gasteiger partial charge in [-0.1, -0.05) is 12.1 Å². The lowest BCUT2D eigenvalue weighted by Crippen LogP contribution is -2.48. The molecule has 1 spiro atoms. The summed E-state index contributed by atoms with van der Waals surface area (Å²) in [6.45, 7) is 2.16. The number of nitrogens with one attached hydrogen (secondary N) is 1. The fourth-order valence-corrected chi connectivity index (χ4v) is 5.25. The molecule has 0 bridgehead atoms. The third-order valence-electron chi connectivity index (χ3n) is 6.21. The van der Waals surface area contributed by atoms with Crippen LogP contribution in [0.4, 0.5) is 11.4 Å². The highest BCUT2D eigenvalue weighted by Gasteiger charge is 2.52. The Bertz CT molecular complexity index is 1410. The number of anilines is 2. The Balaban J connectivity index is 1.27. The topological polar surface area (TPSA) is 97.9 Å². The van der Waals surface area contributed by atoms with Gasteiger partial charge in [0, 0.05) is 48.9 Å². The molecule has 0 amide bonds. The first-order chi connectivity index (χ1) is 14.9. The molecule has 9 nitrogen and oxygen atoms in total. The van der Waals surface area contributed by atoms with Crippen molar-refractivity contribution in [2.24, 2.45) is 12.5 Å². The number of hydrogen-bond acceptors (Lipinski definition) is 6. The van der Waals surface area contributed by atoms with E-state index in [1.165, 1.54) is 29.9 Å². The van der Waals surface area contributed by atoms with E-state index in [0.29, 0.717) is 16.9 Å². The minimum atomic E-state index is -3.83. The van der Waals surface area contributed by atoms with Crippen molar-refractivity contribution in [3.8, 4) is 5.82 Å². The summed E-state index contributed by atoms with van der Waals surface area (Å²) >= 11 is 0. The van der Waals surface area contributed by atoms with Crippen LogP contribution in [0.3, 0.4) is 0 Å². The molecule has 10 heteroatoms. The predicted octanol–water partition coefficient (Wildman–Crippen LogP) is 2.56. The summed E-state index contributed by atoms with van der Waals surface area (Å²) in [5.74, 6) is 0.587. The summed E-state index contributed by atoms with van der Waals surface area (Å²) in [4.78, 5) is 6.77. The summed E-state index contributed by atoms with van der Waals surface area (Å²) in [7, 11) is -2.05. The summed E-state index contributed by atoms with van der Waals surface area (Å²) in [5.41, 5.74) is 2.83. The number of pyridine rings is 1. The molecule has 1 aromatic carbocycles. The van der Waals surface area contributed by atoms with Gasteiger partial charge in [0.25, 0.3) is 10.0 Å². The van der Waals surface area contributed by atoms with E-state index in [2.05, 4.69) is 24.8 Å². The number of benzene rings is 1. The Morgan fingerprint density at radius 1 is 1.10 bits per heavy atom. The van der Waals surface area contributed by atoms with E-state index in [4.69, 9.17) is 0 Å². The average molecular weight is 436 g/mol. The van der Waals surface area contributed by atoms with Crippen LogP contribution >= 0.6 is 0 Å². The normalized spacial score (nSPS) is 17.1. The zero-order chi connectivity index (χ0) is 21.2. The maximum Gasteiger partial charge on any atom is 0.265 e. The highest BCUT2D eigenvalue weighted by Crippen LogP contribution is 2.53. The van der Waals surface area contributed by atoms with Crippen LogP contribution in [-0.2, 0) is 17.1 Å². The molecule has 6 rings (SSSR count). The van der Waals surface area contributed by atoms with Crippen LogP contribution in [0, 0.1) is 5.41 Å². The van der Waals surface area contributed by atoms with E-state index in [0.717, 1.165) is 29.7 Å². The lowest BCUT2D eigenvalue weighted by Gasteiger charge is -2.41. The number of rotatable bonds is 5. The number of sulfonamides is 1. The minimum Gasteiger partial charge on any atom is -0.370 e. The maximum atomic E-state index is 13.0. The average Bonchev–Trinajstić information content (AvgIpc) is 3.20. The van der Waals surface area contributed by atoms with Gasteiger partial charge in [0.1, 0.15) is 4.90 Å². The molecule has 4 aromatic rings. The van der Waals surface area contributed by atoms with Gasteiger partial charge in [-0.25, -0.2) is 18.1 Å². The molecule has 1 N–H and O–H groups in total. The Morgan fingerprint density at radius 3 is 2.74 bits per heavy atom. The zero-order valence-electron chi connectivity index (χ0n) is 16.9. The summed E-state index contributed by atoms with van der Waals surface area (Å²) < 4.78 is 31.8. The van der Waals surface area contributed by atoms with Gasteiger partial charge in [-0.2, -0.15) is 10.2 Å². The molecule has 31 heavy (non-hydrogen) atoms. The van der Waals surface area contributed by atoms with E-state index in [-0.39, 0.29) is 4.90 Å². The van der Waals surface area contributed by atoms with Crippen LogP contribution in [0.2, 0.25) is 0 Å². The second-order valence-corrected chi connectivity index (χ2v) is 10.1. The molecule has 1 aliphatic heterocycles. The van der Waals surface area contributed by atoms with Crippen LogP contribution in [0.5, 0.6) is 0 Å². The second kappa shape index (κ2) is 6.30. The number of nitrogens with zero attached hydrogens (tertiary/aromatic N) is 6. The van der Waals surface area contributed by atoms with Crippen molar-refractivity contribution in [3.63, 3.8) is 0 Å². The Labute approximate surface area is 179 Å². The number of para-hydroxylation sites is 1. The fourth-order valence-electron chi connectivity index (χ4n) is 4.26. The van der Waals surface area contributed by atoms with Gasteiger partial charge in [0.15, 0.2) is 5.82 Å². The quantitative estimate of drug-likeness (QED) is 0.517. The van der Waals surface area contributed by atoms with Gasteiger partial charge in [-0.3, -0.25) is 9.40 Å². The van der Waals surface area contributed by atoms with Crippen molar-refractivity contribution >= 4 is 32.3 Å². The molecular weight excluding hydrogens is 414 g/mol. The van der Waals surface area contributed by atoms with Gasteiger partial charge in [-0.05, 0) is 25.0 Å². The first-order valence-electron chi connectivity index (χ1n) is 10.1. The highest BCUT2D eigenvalue weighted by molar-refractivity contribution is 7.92. The van der Waals surface area contributed by atoms with Crippen LogP contribution in [0.25, 0.3) is 16.7 Å². The molecule has 0 radical (unpaired) electrons. The third-order valence-corrected chi connectivity index (χ3v) is 7.53. The molecule has 0 atom stereocenters. The molecule has 1 aliphatic carbocycles. The van der Waals surface area contributed by atoms with E-state index in [1.54, 1.807) is 36.3 Å². The molecule has 4 heterocycles. The Hall–Kier alpha value is -3.40. The van der Waals surface area contributed by atoms with E-state index in [1.807, 2.05) is 18.2 Å². The lowest BCUT2D eigenvalue weighted by atomic mass is 9.96. The van der Waals surface area contributed by atoms with Gasteiger partial charge >= 0.3 is 0 Å². The van der Waals surface area contributed by atoms with Crippen molar-refractivity contribution in [3.05, 3.63) is 55.1 Å². The van der Waals surface area contributed by atoms with Crippen molar-refractivity contribution in [1.29, 1.82) is 0 Å². The number of aryl methyl sites for hydroxylation is 1. The van der Waals surface area contributed by atoms with Gasteiger partial charge in [-0.15, -0.1) is 0 Å². The lowest BCUT2D eigenvalue weighted by molar-refractivity contribution is 0.387. The molecule has 2 aliphatic rings. The first kappa shape index (κ1) is 18.4. The van der Waals surface area contributed by atoms with E-state index in [9.17, 15) is 8.42 Å². The molecule has 158 valence electrons. The van der Waals surface area contributed by atoms with Gasteiger partial charge in [0.2, 0.25) is 0 Å². The van der Waals surface area contributed by atoms with E-state index >= 15 is 0 Å². The molecule has 2 fully saturated rings. The first-order valence-corrected chi connectivity index (χ1v) is 11.6. The monoisotopic (exact) mass is 435 g/mol. The van der Waals surface area contributed by atoms with Crippen molar-refractivity contribution in [2.45, 2.75) is 17.7 Å². The van der Waals surface area contributed by atoms with Crippen LogP contribution in [-0.4, -0.2) is 46.1 Å². The smallest absolute Gasteiger partial charge is 0.265 e. The second-order valence-electron chi connectivity index (χ2n) is 8.47. The SMILES string of the molecule is Cn1ncc2cccc(NS(=O)(=O)c3cnn(-c4cc(N5CC6(CC6)C5)ccn4)c3)c21. The van der Waals surface area contributed by atoms with Gasteiger partial charge < -0.3 is 4.90 Å². The van der Waals surface area contributed by atoms with Crippen molar-refractivity contribution in [1.82, 2.24) is 24.5 Å². The van der Waals surface area contributed by atoms with Crippen molar-refractivity contribution < 1.29 is 8.42 Å². The number of aromatic nitrogens is 5. The van der Waals surface area contributed by atoms with Crippen molar-refractivity contribution in [2.75, 3.05) is 22.7 Å². The standard InChI is InChI=1S/C21H21N7O2S/c1-26-20-15(10-23-26)3-2-4-18(20)25-31(29,30)17-11-24-28(12-17)19-9-16(5-8-22-19)27-13-21(14-27)6-7-21/h2-5,8-12,25H,6-7,13-14H2,1H3. The highest BCUT2D eigenvalue weighted by atomic mass is 32.2. The number of hydrogen-bond donors (Lipinski definition) is 1. The molecule has 1 saturated carbocycles. The van der Waals surface area contributed by atoms with E-state index < -0.39 is 10.0 Å². The van der Waals surface area contributed by atoms with Gasteiger partial charge in [0.05, 0.1) is 29.8 Å². The minimum absolute atomic E-state index is 0.0692. The molecule has 0 unspecified atom stereocenters. The third kappa shape index (κ3) is 3.05. The predicted molar refractivity (Wildman–Crippen MR) is 117 cm³/mol. The fraction of sp³-hybridized carbons (Fsp3) is 0.286. The van der Waals surface area contributed by atoms with Crippen LogP contribution < -0.4 is 9.62 Å². The summed E-state index contributed by atoms with van der Waals surface area (Å²) in [6.07, 6.45) is 8.90. The molecule has 1 saturated heterocycles. The Kier molecular flexibility index (Phi) is 3.73. The Morgan fingerprint density at radius 2 is 1.94 bits per heavy atom. The van der Waals surface area contributed by atoms with Crippen LogP contribution in [0.15, 0.2) is 60.0 Å². The summed E-state index contributed by atoms with van der Waals surface area (Å²) in [6, 6.07) is 9.33. The summed E-state index contributed by atoms with van der Waals surface area (Å²) in [5, 5.41) is 9.31.